The highest BCUT2D eigenvalue weighted by atomic mass is 16.2. The maximum Gasteiger partial charge on any atom is 0.272 e. The third-order valence-corrected chi connectivity index (χ3v) is 3.70. The molecule has 1 amide bonds. The van der Waals surface area contributed by atoms with Crippen molar-refractivity contribution in [3.8, 4) is 0 Å². The molecule has 7 heteroatoms. The van der Waals surface area contributed by atoms with Gasteiger partial charge >= 0.3 is 0 Å². The van der Waals surface area contributed by atoms with E-state index in [-0.39, 0.29) is 11.9 Å². The molecular weight excluding hydrogens is 268 g/mol. The minimum Gasteiger partial charge on any atom is -0.373 e. The van der Waals surface area contributed by atoms with Crippen LogP contribution in [0.5, 0.6) is 0 Å². The lowest BCUT2D eigenvalue weighted by Gasteiger charge is -2.24. The first kappa shape index (κ1) is 13.5. The molecule has 1 aliphatic rings. The second-order valence-corrected chi connectivity index (χ2v) is 5.10. The van der Waals surface area contributed by atoms with Crippen molar-refractivity contribution in [2.24, 2.45) is 0 Å². The van der Waals surface area contributed by atoms with Gasteiger partial charge in [-0.15, -0.1) is 0 Å². The van der Waals surface area contributed by atoms with Crippen molar-refractivity contribution in [1.82, 2.24) is 25.1 Å². The van der Waals surface area contributed by atoms with Crippen LogP contribution < -0.4 is 5.32 Å². The first-order valence-corrected chi connectivity index (χ1v) is 7.02. The maximum atomic E-state index is 12.5. The first-order chi connectivity index (χ1) is 10.2. The van der Waals surface area contributed by atoms with Crippen LogP contribution in [-0.2, 0) is 0 Å². The average molecular weight is 286 g/mol. The monoisotopic (exact) mass is 286 g/mol. The van der Waals surface area contributed by atoms with E-state index in [1.807, 2.05) is 24.9 Å². The summed E-state index contributed by atoms with van der Waals surface area (Å²) in [4.78, 5) is 23.2. The molecule has 3 rings (SSSR count). The highest BCUT2D eigenvalue weighted by molar-refractivity contribution is 5.92. The number of carbonyl (C=O) groups is 1. The van der Waals surface area contributed by atoms with Gasteiger partial charge in [0.2, 0.25) is 0 Å². The number of likely N-dealkylation sites (tertiary alicyclic amines) is 1. The Bertz CT molecular complexity index is 639. The fourth-order valence-corrected chi connectivity index (χ4v) is 2.74. The highest BCUT2D eigenvalue weighted by Crippen LogP contribution is 2.32. The number of hydrogen-bond donors (Lipinski definition) is 2. The number of nitrogens with zero attached hydrogens (tertiary/aromatic N) is 4. The van der Waals surface area contributed by atoms with Crippen molar-refractivity contribution < 1.29 is 4.79 Å². The molecule has 0 saturated carbocycles. The molecule has 7 nitrogen and oxygen atoms in total. The van der Waals surface area contributed by atoms with E-state index in [1.165, 1.54) is 0 Å². The van der Waals surface area contributed by atoms with E-state index in [0.717, 1.165) is 30.9 Å². The topological polar surface area (TPSA) is 86.8 Å². The SMILES string of the molecule is CNc1cc(C2CCCN2C(=O)c2ccn[nH]2)nc(C)n1. The Morgan fingerprint density at radius 1 is 1.48 bits per heavy atom. The van der Waals surface area contributed by atoms with Gasteiger partial charge < -0.3 is 10.2 Å². The first-order valence-electron chi connectivity index (χ1n) is 7.02. The maximum absolute atomic E-state index is 12.5. The molecule has 0 aromatic carbocycles. The number of aromatic amines is 1. The summed E-state index contributed by atoms with van der Waals surface area (Å²) in [5.41, 5.74) is 1.40. The van der Waals surface area contributed by atoms with Gasteiger partial charge in [-0.2, -0.15) is 5.10 Å². The van der Waals surface area contributed by atoms with Crippen LogP contribution in [0.1, 0.15) is 40.9 Å². The van der Waals surface area contributed by atoms with E-state index < -0.39 is 0 Å². The van der Waals surface area contributed by atoms with Gasteiger partial charge in [-0.3, -0.25) is 9.89 Å². The van der Waals surface area contributed by atoms with Crippen molar-refractivity contribution in [3.05, 3.63) is 35.5 Å². The number of anilines is 1. The van der Waals surface area contributed by atoms with Crippen LogP contribution in [0.15, 0.2) is 18.3 Å². The molecule has 3 heterocycles. The van der Waals surface area contributed by atoms with Gasteiger partial charge in [0.05, 0.1) is 11.7 Å². The van der Waals surface area contributed by atoms with Crippen LogP contribution in [0, 0.1) is 6.92 Å². The molecule has 110 valence electrons. The summed E-state index contributed by atoms with van der Waals surface area (Å²) in [6.45, 7) is 2.60. The molecule has 2 N–H and O–H groups in total. The van der Waals surface area contributed by atoms with Crippen molar-refractivity contribution in [2.75, 3.05) is 18.9 Å². The minimum atomic E-state index is -0.0303. The van der Waals surface area contributed by atoms with E-state index >= 15 is 0 Å². The van der Waals surface area contributed by atoms with Crippen LogP contribution in [-0.4, -0.2) is 44.6 Å². The molecule has 1 unspecified atom stereocenters. The van der Waals surface area contributed by atoms with Gasteiger partial charge in [0.1, 0.15) is 17.3 Å². The van der Waals surface area contributed by atoms with Crippen molar-refractivity contribution in [1.29, 1.82) is 0 Å². The van der Waals surface area contributed by atoms with E-state index in [4.69, 9.17) is 0 Å². The van der Waals surface area contributed by atoms with Crippen LogP contribution in [0.2, 0.25) is 0 Å². The predicted molar refractivity (Wildman–Crippen MR) is 77.9 cm³/mol. The van der Waals surface area contributed by atoms with E-state index in [0.29, 0.717) is 11.5 Å². The zero-order chi connectivity index (χ0) is 14.8. The minimum absolute atomic E-state index is 0.00500. The Hall–Kier alpha value is -2.44. The fourth-order valence-electron chi connectivity index (χ4n) is 2.74. The molecule has 0 spiro atoms. The van der Waals surface area contributed by atoms with E-state index in [1.54, 1.807) is 12.3 Å². The molecular formula is C14H18N6O. The summed E-state index contributed by atoms with van der Waals surface area (Å²) >= 11 is 0. The predicted octanol–water partition coefficient (Wildman–Crippen LogP) is 1.53. The number of nitrogens with one attached hydrogen (secondary N) is 2. The zero-order valence-corrected chi connectivity index (χ0v) is 12.1. The third-order valence-electron chi connectivity index (χ3n) is 3.70. The normalized spacial score (nSPS) is 18.0. The van der Waals surface area contributed by atoms with Crippen LogP contribution in [0.25, 0.3) is 0 Å². The Morgan fingerprint density at radius 2 is 2.33 bits per heavy atom. The number of rotatable bonds is 3. The molecule has 1 saturated heterocycles. The number of carbonyl (C=O) groups excluding carboxylic acids is 1. The van der Waals surface area contributed by atoms with E-state index in [9.17, 15) is 4.79 Å². The quantitative estimate of drug-likeness (QED) is 0.893. The molecule has 0 radical (unpaired) electrons. The summed E-state index contributed by atoms with van der Waals surface area (Å²) in [5.74, 6) is 1.45. The lowest BCUT2D eigenvalue weighted by Crippen LogP contribution is -2.31. The van der Waals surface area contributed by atoms with Crippen molar-refractivity contribution >= 4 is 11.7 Å². The van der Waals surface area contributed by atoms with Crippen molar-refractivity contribution in [3.63, 3.8) is 0 Å². The number of H-pyrrole nitrogens is 1. The zero-order valence-electron chi connectivity index (χ0n) is 12.1. The Labute approximate surface area is 122 Å². The second kappa shape index (κ2) is 5.51. The Balaban J connectivity index is 1.90. The largest absolute Gasteiger partial charge is 0.373 e. The van der Waals surface area contributed by atoms with Gasteiger partial charge in [0.15, 0.2) is 0 Å². The third kappa shape index (κ3) is 2.58. The molecule has 0 aliphatic carbocycles. The van der Waals surface area contributed by atoms with E-state index in [2.05, 4.69) is 25.5 Å². The van der Waals surface area contributed by atoms with Crippen molar-refractivity contribution in [2.45, 2.75) is 25.8 Å². The molecule has 1 atom stereocenters. The Morgan fingerprint density at radius 3 is 3.05 bits per heavy atom. The molecule has 2 aromatic heterocycles. The molecule has 21 heavy (non-hydrogen) atoms. The summed E-state index contributed by atoms with van der Waals surface area (Å²) in [5, 5.41) is 9.61. The van der Waals surface area contributed by atoms with Crippen LogP contribution >= 0.6 is 0 Å². The molecule has 0 bridgehead atoms. The average Bonchev–Trinajstić information content (AvgIpc) is 3.17. The molecule has 2 aromatic rings. The number of amides is 1. The second-order valence-electron chi connectivity index (χ2n) is 5.10. The van der Waals surface area contributed by atoms with Crippen LogP contribution in [0.3, 0.4) is 0 Å². The van der Waals surface area contributed by atoms with Crippen LogP contribution in [0.4, 0.5) is 5.82 Å². The molecule has 1 fully saturated rings. The van der Waals surface area contributed by atoms with Gasteiger partial charge in [0.25, 0.3) is 5.91 Å². The van der Waals surface area contributed by atoms with Gasteiger partial charge in [-0.1, -0.05) is 0 Å². The number of aromatic nitrogens is 4. The summed E-state index contributed by atoms with van der Waals surface area (Å²) < 4.78 is 0. The fraction of sp³-hybridized carbons (Fsp3) is 0.429. The highest BCUT2D eigenvalue weighted by Gasteiger charge is 2.32. The Kier molecular flexibility index (Phi) is 3.55. The number of aryl methyl sites for hydroxylation is 1. The number of hydrogen-bond acceptors (Lipinski definition) is 5. The summed E-state index contributed by atoms with van der Waals surface area (Å²) in [6, 6.07) is 3.60. The lowest BCUT2D eigenvalue weighted by molar-refractivity contribution is 0.0726. The summed E-state index contributed by atoms with van der Waals surface area (Å²) in [7, 11) is 1.83. The lowest BCUT2D eigenvalue weighted by atomic mass is 10.1. The van der Waals surface area contributed by atoms with Gasteiger partial charge in [0, 0.05) is 25.9 Å². The smallest absolute Gasteiger partial charge is 0.272 e. The van der Waals surface area contributed by atoms with Gasteiger partial charge in [-0.05, 0) is 25.8 Å². The standard InChI is InChI=1S/C14H18N6O/c1-9-17-11(8-13(15-2)18-9)12-4-3-7-20(12)14(21)10-5-6-16-19-10/h5-6,8,12H,3-4,7H2,1-2H3,(H,16,19)(H,15,17,18). The summed E-state index contributed by atoms with van der Waals surface area (Å²) in [6.07, 6.45) is 3.48. The van der Waals surface area contributed by atoms with Gasteiger partial charge in [-0.25, -0.2) is 9.97 Å². The molecule has 1 aliphatic heterocycles.